The summed E-state index contributed by atoms with van der Waals surface area (Å²) in [7, 11) is 0. The fourth-order valence-corrected chi connectivity index (χ4v) is 2.35. The summed E-state index contributed by atoms with van der Waals surface area (Å²) in [5, 5.41) is 12.0. The van der Waals surface area contributed by atoms with Crippen LogP contribution in [0.5, 0.6) is 0 Å². The van der Waals surface area contributed by atoms with Crippen molar-refractivity contribution in [3.8, 4) is 0 Å². The Morgan fingerprint density at radius 1 is 1.39 bits per heavy atom. The van der Waals surface area contributed by atoms with Crippen LogP contribution in [0.4, 0.5) is 0 Å². The SMILES string of the molecule is Cc1ocnc1C(=O)NC1(C(=O)O)CCCCC1. The largest absolute Gasteiger partial charge is 0.480 e. The molecular weight excluding hydrogens is 236 g/mol. The van der Waals surface area contributed by atoms with Crippen molar-refractivity contribution in [2.45, 2.75) is 44.6 Å². The average Bonchev–Trinajstić information content (AvgIpc) is 2.76. The van der Waals surface area contributed by atoms with Crippen LogP contribution in [0.3, 0.4) is 0 Å². The number of nitrogens with one attached hydrogen (secondary N) is 1. The van der Waals surface area contributed by atoms with E-state index in [0.717, 1.165) is 19.3 Å². The lowest BCUT2D eigenvalue weighted by Crippen LogP contribution is -2.55. The Labute approximate surface area is 104 Å². The van der Waals surface area contributed by atoms with E-state index in [9.17, 15) is 14.7 Å². The summed E-state index contributed by atoms with van der Waals surface area (Å²) in [5.74, 6) is -1.06. The summed E-state index contributed by atoms with van der Waals surface area (Å²) in [6.07, 6.45) is 4.73. The molecule has 0 aliphatic heterocycles. The van der Waals surface area contributed by atoms with Crippen LogP contribution < -0.4 is 5.32 Å². The molecule has 1 aliphatic carbocycles. The van der Waals surface area contributed by atoms with Crippen LogP contribution in [0.1, 0.15) is 48.4 Å². The third kappa shape index (κ3) is 2.23. The van der Waals surface area contributed by atoms with Crippen LogP contribution >= 0.6 is 0 Å². The van der Waals surface area contributed by atoms with Gasteiger partial charge < -0.3 is 14.8 Å². The summed E-state index contributed by atoms with van der Waals surface area (Å²) >= 11 is 0. The van der Waals surface area contributed by atoms with E-state index in [0.29, 0.717) is 18.6 Å². The molecule has 1 aliphatic rings. The first-order valence-electron chi connectivity index (χ1n) is 6.01. The number of oxazole rings is 1. The third-order valence-corrected chi connectivity index (χ3v) is 3.43. The quantitative estimate of drug-likeness (QED) is 0.850. The number of nitrogens with zero attached hydrogens (tertiary/aromatic N) is 1. The van der Waals surface area contributed by atoms with Gasteiger partial charge in [-0.3, -0.25) is 4.79 Å². The first kappa shape index (κ1) is 12.6. The number of carbonyl (C=O) groups excluding carboxylic acids is 1. The molecule has 0 unspecified atom stereocenters. The number of aryl methyl sites for hydroxylation is 1. The molecule has 0 bridgehead atoms. The Balaban J connectivity index is 2.17. The van der Waals surface area contributed by atoms with Crippen molar-refractivity contribution in [1.29, 1.82) is 0 Å². The highest BCUT2D eigenvalue weighted by atomic mass is 16.4. The van der Waals surface area contributed by atoms with Crippen LogP contribution in [-0.2, 0) is 4.79 Å². The molecule has 18 heavy (non-hydrogen) atoms. The van der Waals surface area contributed by atoms with Crippen molar-refractivity contribution >= 4 is 11.9 Å². The minimum Gasteiger partial charge on any atom is -0.480 e. The number of rotatable bonds is 3. The van der Waals surface area contributed by atoms with Crippen molar-refractivity contribution in [3.05, 3.63) is 17.8 Å². The Bertz CT molecular complexity index is 460. The second-order valence-electron chi connectivity index (χ2n) is 4.66. The highest BCUT2D eigenvalue weighted by Gasteiger charge is 2.41. The Hall–Kier alpha value is -1.85. The van der Waals surface area contributed by atoms with Crippen molar-refractivity contribution in [2.75, 3.05) is 0 Å². The fourth-order valence-electron chi connectivity index (χ4n) is 2.35. The molecular formula is C12H16N2O4. The van der Waals surface area contributed by atoms with Gasteiger partial charge in [0.15, 0.2) is 12.1 Å². The highest BCUT2D eigenvalue weighted by molar-refractivity contribution is 5.97. The van der Waals surface area contributed by atoms with Gasteiger partial charge in [-0.1, -0.05) is 19.3 Å². The molecule has 0 saturated heterocycles. The van der Waals surface area contributed by atoms with Gasteiger partial charge in [-0.25, -0.2) is 9.78 Å². The predicted octanol–water partition coefficient (Wildman–Crippen LogP) is 1.50. The summed E-state index contributed by atoms with van der Waals surface area (Å²) in [6.45, 7) is 1.62. The number of amides is 1. The average molecular weight is 252 g/mol. The van der Waals surface area contributed by atoms with Gasteiger partial charge >= 0.3 is 5.97 Å². The van der Waals surface area contributed by atoms with Crippen LogP contribution in [0.2, 0.25) is 0 Å². The molecule has 1 aromatic heterocycles. The van der Waals surface area contributed by atoms with E-state index in [1.54, 1.807) is 6.92 Å². The summed E-state index contributed by atoms with van der Waals surface area (Å²) in [5.41, 5.74) is -0.998. The maximum absolute atomic E-state index is 12.0. The molecule has 2 N–H and O–H groups in total. The van der Waals surface area contributed by atoms with Gasteiger partial charge in [-0.15, -0.1) is 0 Å². The second-order valence-corrected chi connectivity index (χ2v) is 4.66. The molecule has 6 nitrogen and oxygen atoms in total. The molecule has 0 spiro atoms. The van der Waals surface area contributed by atoms with E-state index in [4.69, 9.17) is 4.42 Å². The predicted molar refractivity (Wildman–Crippen MR) is 62.2 cm³/mol. The number of aromatic nitrogens is 1. The van der Waals surface area contributed by atoms with Gasteiger partial charge in [-0.05, 0) is 19.8 Å². The topological polar surface area (TPSA) is 92.4 Å². The lowest BCUT2D eigenvalue weighted by molar-refractivity contribution is -0.145. The first-order chi connectivity index (χ1) is 8.55. The monoisotopic (exact) mass is 252 g/mol. The smallest absolute Gasteiger partial charge is 0.329 e. The number of carboxylic acid groups (broad SMARTS) is 1. The lowest BCUT2D eigenvalue weighted by atomic mass is 9.81. The van der Waals surface area contributed by atoms with Gasteiger partial charge in [0.25, 0.3) is 5.91 Å². The molecule has 0 radical (unpaired) electrons. The molecule has 0 aromatic carbocycles. The van der Waals surface area contributed by atoms with Gasteiger partial charge in [0.2, 0.25) is 0 Å². The van der Waals surface area contributed by atoms with Gasteiger partial charge in [0.1, 0.15) is 11.3 Å². The van der Waals surface area contributed by atoms with Crippen molar-refractivity contribution < 1.29 is 19.1 Å². The lowest BCUT2D eigenvalue weighted by Gasteiger charge is -2.33. The maximum Gasteiger partial charge on any atom is 0.329 e. The number of hydrogen-bond donors (Lipinski definition) is 2. The Morgan fingerprint density at radius 2 is 2.06 bits per heavy atom. The zero-order valence-corrected chi connectivity index (χ0v) is 10.2. The van der Waals surface area contributed by atoms with Gasteiger partial charge in [0, 0.05) is 0 Å². The van der Waals surface area contributed by atoms with Crippen molar-refractivity contribution in [1.82, 2.24) is 10.3 Å². The van der Waals surface area contributed by atoms with Crippen molar-refractivity contribution in [3.63, 3.8) is 0 Å². The van der Waals surface area contributed by atoms with Crippen molar-refractivity contribution in [2.24, 2.45) is 0 Å². The third-order valence-electron chi connectivity index (χ3n) is 3.43. The second kappa shape index (κ2) is 4.80. The van der Waals surface area contributed by atoms with E-state index >= 15 is 0 Å². The first-order valence-corrected chi connectivity index (χ1v) is 6.01. The van der Waals surface area contributed by atoms with E-state index in [-0.39, 0.29) is 5.69 Å². The van der Waals surface area contributed by atoms with E-state index < -0.39 is 17.4 Å². The molecule has 1 aromatic rings. The number of carboxylic acids is 1. The molecule has 98 valence electrons. The molecule has 1 fully saturated rings. The van der Waals surface area contributed by atoms with E-state index in [1.807, 2.05) is 0 Å². The number of carbonyl (C=O) groups is 2. The summed E-state index contributed by atoms with van der Waals surface area (Å²) in [4.78, 5) is 27.2. The number of hydrogen-bond acceptors (Lipinski definition) is 4. The minimum absolute atomic E-state index is 0.154. The van der Waals surface area contributed by atoms with E-state index in [1.165, 1.54) is 6.39 Å². The van der Waals surface area contributed by atoms with Crippen LogP contribution in [0, 0.1) is 6.92 Å². The molecule has 0 atom stereocenters. The summed E-state index contributed by atoms with van der Waals surface area (Å²) < 4.78 is 4.95. The van der Waals surface area contributed by atoms with Crippen LogP contribution in [0.15, 0.2) is 10.8 Å². The standard InChI is InChI=1S/C12H16N2O4/c1-8-9(13-7-18-8)10(15)14-12(11(16)17)5-3-2-4-6-12/h7H,2-6H2,1H3,(H,14,15)(H,16,17). The van der Waals surface area contributed by atoms with Crippen LogP contribution in [-0.4, -0.2) is 27.5 Å². The minimum atomic E-state index is -1.15. The zero-order valence-electron chi connectivity index (χ0n) is 10.2. The normalized spacial score (nSPS) is 18.3. The molecule has 6 heteroatoms. The van der Waals surface area contributed by atoms with Gasteiger partial charge in [0.05, 0.1) is 0 Å². The van der Waals surface area contributed by atoms with Gasteiger partial charge in [-0.2, -0.15) is 0 Å². The fraction of sp³-hybridized carbons (Fsp3) is 0.583. The maximum atomic E-state index is 12.0. The summed E-state index contributed by atoms with van der Waals surface area (Å²) in [6, 6.07) is 0. The van der Waals surface area contributed by atoms with Crippen LogP contribution in [0.25, 0.3) is 0 Å². The number of aliphatic carboxylic acids is 1. The van der Waals surface area contributed by atoms with E-state index in [2.05, 4.69) is 10.3 Å². The molecule has 1 amide bonds. The molecule has 2 rings (SSSR count). The highest BCUT2D eigenvalue weighted by Crippen LogP contribution is 2.28. The molecule has 1 saturated carbocycles. The Kier molecular flexibility index (Phi) is 3.36. The molecule has 1 heterocycles. The zero-order chi connectivity index (χ0) is 13.2. The Morgan fingerprint density at radius 3 is 2.56 bits per heavy atom.